The highest BCUT2D eigenvalue weighted by molar-refractivity contribution is 5.86. The quantitative estimate of drug-likeness (QED) is 0.440. The Morgan fingerprint density at radius 2 is 1.81 bits per heavy atom. The van der Waals surface area contributed by atoms with Crippen LogP contribution in [0.3, 0.4) is 0 Å². The SMILES string of the molecule is COc1ccc(-c2cc3ccc4c(c3oc2=O)CN(Cc2ccc(F)cc2)CO4)cc1. The van der Waals surface area contributed by atoms with Crippen LogP contribution in [0.1, 0.15) is 11.1 Å². The van der Waals surface area contributed by atoms with Gasteiger partial charge in [0.25, 0.3) is 0 Å². The minimum absolute atomic E-state index is 0.260. The molecule has 0 unspecified atom stereocenters. The molecule has 0 saturated heterocycles. The Kier molecular flexibility index (Phi) is 4.92. The number of methoxy groups -OCH3 is 1. The molecule has 0 bridgehead atoms. The van der Waals surface area contributed by atoms with Gasteiger partial charge in [0.2, 0.25) is 0 Å². The van der Waals surface area contributed by atoms with Crippen LogP contribution >= 0.6 is 0 Å². The third kappa shape index (κ3) is 3.78. The Bertz CT molecular complexity index is 1300. The molecule has 0 spiro atoms. The lowest BCUT2D eigenvalue weighted by Gasteiger charge is -2.29. The summed E-state index contributed by atoms with van der Waals surface area (Å²) in [5.41, 5.74) is 3.21. The summed E-state index contributed by atoms with van der Waals surface area (Å²) in [5.74, 6) is 1.18. The molecule has 2 heterocycles. The lowest BCUT2D eigenvalue weighted by Crippen LogP contribution is -2.31. The molecule has 31 heavy (non-hydrogen) atoms. The molecule has 0 N–H and O–H groups in total. The molecule has 0 aliphatic carbocycles. The molecular formula is C25H20FNO4. The number of rotatable bonds is 4. The number of benzene rings is 3. The lowest BCUT2D eigenvalue weighted by atomic mass is 10.0. The summed E-state index contributed by atoms with van der Waals surface area (Å²) >= 11 is 0. The van der Waals surface area contributed by atoms with Gasteiger partial charge >= 0.3 is 5.63 Å². The number of hydrogen-bond donors (Lipinski definition) is 0. The monoisotopic (exact) mass is 417 g/mol. The van der Waals surface area contributed by atoms with E-state index in [1.54, 1.807) is 19.2 Å². The second-order valence-electron chi connectivity index (χ2n) is 7.52. The number of hydrogen-bond acceptors (Lipinski definition) is 5. The van der Waals surface area contributed by atoms with Crippen LogP contribution in [0.15, 0.2) is 75.9 Å². The maximum absolute atomic E-state index is 13.2. The van der Waals surface area contributed by atoms with E-state index in [2.05, 4.69) is 4.90 Å². The lowest BCUT2D eigenvalue weighted by molar-refractivity contribution is 0.0889. The summed E-state index contributed by atoms with van der Waals surface area (Å²) in [7, 11) is 1.60. The topological polar surface area (TPSA) is 51.9 Å². The molecule has 0 radical (unpaired) electrons. The zero-order valence-electron chi connectivity index (χ0n) is 16.9. The predicted octanol–water partition coefficient (Wildman–Crippen LogP) is 4.96. The zero-order valence-corrected chi connectivity index (χ0v) is 16.9. The van der Waals surface area contributed by atoms with Crippen LogP contribution in [0, 0.1) is 5.82 Å². The highest BCUT2D eigenvalue weighted by Crippen LogP contribution is 2.33. The molecule has 0 amide bonds. The van der Waals surface area contributed by atoms with Gasteiger partial charge in [0.15, 0.2) is 0 Å². The molecular weight excluding hydrogens is 397 g/mol. The van der Waals surface area contributed by atoms with Crippen molar-refractivity contribution in [3.05, 3.63) is 94.1 Å². The molecule has 156 valence electrons. The van der Waals surface area contributed by atoms with Gasteiger partial charge in [-0.25, -0.2) is 9.18 Å². The van der Waals surface area contributed by atoms with Crippen molar-refractivity contribution in [3.63, 3.8) is 0 Å². The molecule has 3 aromatic carbocycles. The van der Waals surface area contributed by atoms with Crippen LogP contribution in [0.4, 0.5) is 4.39 Å². The summed E-state index contributed by atoms with van der Waals surface area (Å²) in [4.78, 5) is 14.9. The van der Waals surface area contributed by atoms with E-state index < -0.39 is 5.63 Å². The third-order valence-electron chi connectivity index (χ3n) is 5.47. The molecule has 1 aliphatic heterocycles. The van der Waals surface area contributed by atoms with Gasteiger partial charge < -0.3 is 13.9 Å². The van der Waals surface area contributed by atoms with E-state index in [1.807, 2.05) is 42.5 Å². The molecule has 0 saturated carbocycles. The van der Waals surface area contributed by atoms with Gasteiger partial charge in [-0.15, -0.1) is 0 Å². The molecule has 0 fully saturated rings. The Hall–Kier alpha value is -3.64. The van der Waals surface area contributed by atoms with Crippen molar-refractivity contribution in [1.29, 1.82) is 0 Å². The number of ether oxygens (including phenoxy) is 2. The van der Waals surface area contributed by atoms with Crippen molar-refractivity contribution in [2.75, 3.05) is 13.8 Å². The molecule has 1 aromatic heterocycles. The van der Waals surface area contributed by atoms with E-state index in [-0.39, 0.29) is 5.82 Å². The maximum Gasteiger partial charge on any atom is 0.344 e. The van der Waals surface area contributed by atoms with E-state index >= 15 is 0 Å². The summed E-state index contributed by atoms with van der Waals surface area (Å²) in [5, 5.41) is 0.830. The van der Waals surface area contributed by atoms with Crippen molar-refractivity contribution in [2.24, 2.45) is 0 Å². The highest BCUT2D eigenvalue weighted by Gasteiger charge is 2.22. The second-order valence-corrected chi connectivity index (χ2v) is 7.52. The summed E-state index contributed by atoms with van der Waals surface area (Å²) in [6.45, 7) is 1.57. The number of fused-ring (bicyclic) bond motifs is 3. The summed E-state index contributed by atoms with van der Waals surface area (Å²) in [6.07, 6.45) is 0. The fourth-order valence-electron chi connectivity index (χ4n) is 3.86. The Balaban J connectivity index is 1.49. The molecule has 6 heteroatoms. The first-order valence-corrected chi connectivity index (χ1v) is 9.94. The number of nitrogens with zero attached hydrogens (tertiary/aromatic N) is 1. The molecule has 4 aromatic rings. The Labute approximate surface area is 178 Å². The van der Waals surface area contributed by atoms with Crippen LogP contribution < -0.4 is 15.1 Å². The van der Waals surface area contributed by atoms with Crippen molar-refractivity contribution < 1.29 is 18.3 Å². The van der Waals surface area contributed by atoms with Crippen molar-refractivity contribution in [2.45, 2.75) is 13.1 Å². The van der Waals surface area contributed by atoms with Gasteiger partial charge in [0.1, 0.15) is 29.6 Å². The van der Waals surface area contributed by atoms with Gasteiger partial charge in [-0.3, -0.25) is 4.90 Å². The third-order valence-corrected chi connectivity index (χ3v) is 5.47. The summed E-state index contributed by atoms with van der Waals surface area (Å²) in [6, 6.07) is 19.4. The fourth-order valence-corrected chi connectivity index (χ4v) is 3.86. The first-order valence-electron chi connectivity index (χ1n) is 9.94. The van der Waals surface area contributed by atoms with Crippen molar-refractivity contribution in [1.82, 2.24) is 4.90 Å². The maximum atomic E-state index is 13.2. The fraction of sp³-hybridized carbons (Fsp3) is 0.160. The predicted molar refractivity (Wildman–Crippen MR) is 116 cm³/mol. The average Bonchev–Trinajstić information content (AvgIpc) is 2.80. The van der Waals surface area contributed by atoms with E-state index in [4.69, 9.17) is 13.9 Å². The standard InChI is InChI=1S/C25H20FNO4/c1-29-20-9-4-17(5-10-20)21-12-18-6-11-23-22(24(18)31-25(21)28)14-27(15-30-23)13-16-2-7-19(26)8-3-16/h2-12H,13-15H2,1H3. The van der Waals surface area contributed by atoms with Gasteiger partial charge in [0, 0.05) is 18.5 Å². The zero-order chi connectivity index (χ0) is 21.4. The Morgan fingerprint density at radius 3 is 2.55 bits per heavy atom. The van der Waals surface area contributed by atoms with E-state index in [0.717, 1.165) is 27.8 Å². The van der Waals surface area contributed by atoms with E-state index in [0.29, 0.717) is 36.7 Å². The van der Waals surface area contributed by atoms with Crippen LogP contribution in [0.5, 0.6) is 11.5 Å². The van der Waals surface area contributed by atoms with Crippen LogP contribution in [-0.4, -0.2) is 18.7 Å². The van der Waals surface area contributed by atoms with E-state index in [1.165, 1.54) is 12.1 Å². The molecule has 5 rings (SSSR count). The summed E-state index contributed by atoms with van der Waals surface area (Å²) < 4.78 is 30.0. The molecule has 0 atom stereocenters. The van der Waals surface area contributed by atoms with Gasteiger partial charge in [0.05, 0.1) is 18.2 Å². The van der Waals surface area contributed by atoms with Crippen molar-refractivity contribution >= 4 is 11.0 Å². The van der Waals surface area contributed by atoms with Crippen LogP contribution in [0.25, 0.3) is 22.1 Å². The smallest absolute Gasteiger partial charge is 0.344 e. The van der Waals surface area contributed by atoms with Gasteiger partial charge in [-0.2, -0.15) is 0 Å². The minimum Gasteiger partial charge on any atom is -0.497 e. The first-order chi connectivity index (χ1) is 15.1. The Morgan fingerprint density at radius 1 is 1.03 bits per heavy atom. The largest absolute Gasteiger partial charge is 0.497 e. The van der Waals surface area contributed by atoms with Gasteiger partial charge in [-0.05, 0) is 53.6 Å². The van der Waals surface area contributed by atoms with E-state index in [9.17, 15) is 9.18 Å². The normalized spacial score (nSPS) is 13.6. The second kappa shape index (κ2) is 7.89. The number of halogens is 1. The molecule has 5 nitrogen and oxygen atoms in total. The van der Waals surface area contributed by atoms with Gasteiger partial charge in [-0.1, -0.05) is 24.3 Å². The van der Waals surface area contributed by atoms with Crippen molar-refractivity contribution in [3.8, 4) is 22.6 Å². The van der Waals surface area contributed by atoms with Crippen LogP contribution in [-0.2, 0) is 13.1 Å². The highest BCUT2D eigenvalue weighted by atomic mass is 19.1. The average molecular weight is 417 g/mol. The van der Waals surface area contributed by atoms with Crippen LogP contribution in [0.2, 0.25) is 0 Å². The minimum atomic E-state index is -0.401. The first kappa shape index (κ1) is 19.3. The molecule has 1 aliphatic rings.